The van der Waals surface area contributed by atoms with Gasteiger partial charge in [0.2, 0.25) is 0 Å². The molecule has 0 amide bonds. The molecule has 3 aromatic heterocycles. The minimum absolute atomic E-state index is 0.105. The molecule has 1 aliphatic rings. The lowest BCUT2D eigenvalue weighted by atomic mass is 9.94. The Bertz CT molecular complexity index is 910. The molecule has 1 atom stereocenters. The van der Waals surface area contributed by atoms with Crippen molar-refractivity contribution in [2.75, 3.05) is 13.1 Å². The van der Waals surface area contributed by atoms with Crippen molar-refractivity contribution in [2.24, 2.45) is 0 Å². The molecule has 0 aliphatic carbocycles. The number of aromatic nitrogens is 4. The second kappa shape index (κ2) is 7.58. The normalized spacial score (nSPS) is 17.9. The predicted octanol–water partition coefficient (Wildman–Crippen LogP) is 2.61. The predicted molar refractivity (Wildman–Crippen MR) is 99.6 cm³/mol. The highest BCUT2D eigenvalue weighted by atomic mass is 16.1. The third-order valence-corrected chi connectivity index (χ3v) is 4.77. The molecule has 4 heterocycles. The van der Waals surface area contributed by atoms with Gasteiger partial charge in [-0.25, -0.2) is 4.98 Å². The third kappa shape index (κ3) is 3.86. The van der Waals surface area contributed by atoms with E-state index in [2.05, 4.69) is 25.9 Å². The summed E-state index contributed by atoms with van der Waals surface area (Å²) < 4.78 is 0. The number of hydrogen-bond donors (Lipinski definition) is 1. The Kier molecular flexibility index (Phi) is 4.84. The quantitative estimate of drug-likeness (QED) is 0.785. The molecule has 3 aromatic rings. The molecule has 6 nitrogen and oxygen atoms in total. The lowest BCUT2D eigenvalue weighted by Gasteiger charge is -2.32. The van der Waals surface area contributed by atoms with Crippen molar-refractivity contribution in [3.8, 4) is 11.4 Å². The van der Waals surface area contributed by atoms with E-state index in [4.69, 9.17) is 4.98 Å². The summed E-state index contributed by atoms with van der Waals surface area (Å²) in [7, 11) is 0. The van der Waals surface area contributed by atoms with Crippen molar-refractivity contribution in [1.29, 1.82) is 0 Å². The zero-order chi connectivity index (χ0) is 17.8. The summed E-state index contributed by atoms with van der Waals surface area (Å²) in [6.07, 6.45) is 9.27. The van der Waals surface area contributed by atoms with Crippen LogP contribution in [-0.2, 0) is 6.54 Å². The zero-order valence-corrected chi connectivity index (χ0v) is 14.5. The first-order chi connectivity index (χ1) is 12.8. The number of hydrogen-bond acceptors (Lipinski definition) is 5. The van der Waals surface area contributed by atoms with Crippen molar-refractivity contribution in [2.45, 2.75) is 25.3 Å². The molecular formula is C20H21N5O. The number of rotatable bonds is 4. The van der Waals surface area contributed by atoms with Crippen LogP contribution in [0.3, 0.4) is 0 Å². The van der Waals surface area contributed by atoms with Crippen molar-refractivity contribution < 1.29 is 0 Å². The van der Waals surface area contributed by atoms with Crippen LogP contribution in [0.1, 0.15) is 30.0 Å². The van der Waals surface area contributed by atoms with Gasteiger partial charge in [-0.2, -0.15) is 0 Å². The maximum Gasteiger partial charge on any atom is 0.251 e. The summed E-state index contributed by atoms with van der Waals surface area (Å²) in [5.41, 5.74) is 2.86. The first-order valence-corrected chi connectivity index (χ1v) is 8.91. The average molecular weight is 347 g/mol. The second-order valence-corrected chi connectivity index (χ2v) is 6.69. The van der Waals surface area contributed by atoms with Crippen LogP contribution in [0.2, 0.25) is 0 Å². The van der Waals surface area contributed by atoms with E-state index >= 15 is 0 Å². The molecule has 0 spiro atoms. The maximum atomic E-state index is 12.2. The molecule has 0 radical (unpaired) electrons. The minimum atomic E-state index is -0.105. The molecule has 0 unspecified atom stereocenters. The summed E-state index contributed by atoms with van der Waals surface area (Å²) in [5, 5.41) is 0. The Balaban J connectivity index is 1.55. The topological polar surface area (TPSA) is 74.8 Å². The Morgan fingerprint density at radius 1 is 1.15 bits per heavy atom. The fourth-order valence-corrected chi connectivity index (χ4v) is 3.52. The largest absolute Gasteiger partial charge is 0.307 e. The Hall–Kier alpha value is -2.86. The van der Waals surface area contributed by atoms with E-state index in [1.807, 2.05) is 24.4 Å². The molecule has 1 aliphatic heterocycles. The van der Waals surface area contributed by atoms with Crippen LogP contribution in [0.15, 0.2) is 59.9 Å². The molecule has 0 saturated carbocycles. The molecular weight excluding hydrogens is 326 g/mol. The first-order valence-electron chi connectivity index (χ1n) is 8.91. The van der Waals surface area contributed by atoms with Gasteiger partial charge in [0.25, 0.3) is 5.56 Å². The standard InChI is InChI=1S/C20H21N5O/c26-19-11-18(23-20(24-19)16-5-8-21-9-6-16)17-4-2-10-25(14-17)13-15-3-1-7-22-12-15/h1,3,5-9,11-12,17H,2,4,10,13-14H2,(H,23,24,26)/t17-/m0/s1. The Labute approximate surface area is 152 Å². The van der Waals surface area contributed by atoms with Gasteiger partial charge in [-0.05, 0) is 43.1 Å². The van der Waals surface area contributed by atoms with E-state index in [0.717, 1.165) is 43.7 Å². The smallest absolute Gasteiger partial charge is 0.251 e. The van der Waals surface area contributed by atoms with Crippen LogP contribution in [0.4, 0.5) is 0 Å². The number of nitrogens with one attached hydrogen (secondary N) is 1. The van der Waals surface area contributed by atoms with Gasteiger partial charge in [0.15, 0.2) is 0 Å². The molecule has 1 saturated heterocycles. The lowest BCUT2D eigenvalue weighted by Crippen LogP contribution is -2.34. The highest BCUT2D eigenvalue weighted by Gasteiger charge is 2.23. The van der Waals surface area contributed by atoms with Crippen molar-refractivity contribution in [3.05, 3.63) is 76.7 Å². The number of likely N-dealkylation sites (tertiary alicyclic amines) is 1. The molecule has 6 heteroatoms. The number of aromatic amines is 1. The van der Waals surface area contributed by atoms with Crippen LogP contribution in [0.5, 0.6) is 0 Å². The van der Waals surface area contributed by atoms with Crippen LogP contribution in [0.25, 0.3) is 11.4 Å². The highest BCUT2D eigenvalue weighted by Crippen LogP contribution is 2.27. The summed E-state index contributed by atoms with van der Waals surface area (Å²) in [5.74, 6) is 0.877. The van der Waals surface area contributed by atoms with Gasteiger partial charge >= 0.3 is 0 Å². The van der Waals surface area contributed by atoms with Gasteiger partial charge < -0.3 is 4.98 Å². The number of nitrogens with zero attached hydrogens (tertiary/aromatic N) is 4. The van der Waals surface area contributed by atoms with Gasteiger partial charge in [0.1, 0.15) is 5.82 Å². The van der Waals surface area contributed by atoms with Gasteiger partial charge in [-0.15, -0.1) is 0 Å². The van der Waals surface area contributed by atoms with Crippen LogP contribution >= 0.6 is 0 Å². The van der Waals surface area contributed by atoms with E-state index in [9.17, 15) is 4.79 Å². The summed E-state index contributed by atoms with van der Waals surface area (Å²) in [6.45, 7) is 2.84. The minimum Gasteiger partial charge on any atom is -0.307 e. The molecule has 26 heavy (non-hydrogen) atoms. The third-order valence-electron chi connectivity index (χ3n) is 4.77. The van der Waals surface area contributed by atoms with Gasteiger partial charge in [0, 0.05) is 55.4 Å². The number of piperidine rings is 1. The lowest BCUT2D eigenvalue weighted by molar-refractivity contribution is 0.198. The zero-order valence-electron chi connectivity index (χ0n) is 14.5. The van der Waals surface area contributed by atoms with Crippen molar-refractivity contribution in [3.63, 3.8) is 0 Å². The van der Waals surface area contributed by atoms with Crippen molar-refractivity contribution in [1.82, 2.24) is 24.8 Å². The number of H-pyrrole nitrogens is 1. The number of pyridine rings is 2. The molecule has 4 rings (SSSR count). The van der Waals surface area contributed by atoms with Crippen LogP contribution < -0.4 is 5.56 Å². The van der Waals surface area contributed by atoms with E-state index in [-0.39, 0.29) is 11.5 Å². The highest BCUT2D eigenvalue weighted by molar-refractivity contribution is 5.53. The summed E-state index contributed by atoms with van der Waals surface area (Å²) in [6, 6.07) is 9.43. The van der Waals surface area contributed by atoms with Crippen molar-refractivity contribution >= 4 is 0 Å². The van der Waals surface area contributed by atoms with Gasteiger partial charge in [-0.3, -0.25) is 19.7 Å². The van der Waals surface area contributed by atoms with E-state index in [0.29, 0.717) is 5.82 Å². The van der Waals surface area contributed by atoms with Crippen LogP contribution in [0, 0.1) is 0 Å². The summed E-state index contributed by atoms with van der Waals surface area (Å²) in [4.78, 5) is 30.4. The van der Waals surface area contributed by atoms with E-state index < -0.39 is 0 Å². The van der Waals surface area contributed by atoms with Crippen LogP contribution in [-0.4, -0.2) is 37.9 Å². The fourth-order valence-electron chi connectivity index (χ4n) is 3.52. The average Bonchev–Trinajstić information content (AvgIpc) is 2.69. The molecule has 0 aromatic carbocycles. The molecule has 1 fully saturated rings. The molecule has 0 bridgehead atoms. The van der Waals surface area contributed by atoms with E-state index in [1.165, 1.54) is 5.56 Å². The van der Waals surface area contributed by atoms with Gasteiger partial charge in [0.05, 0.1) is 5.69 Å². The maximum absolute atomic E-state index is 12.2. The SMILES string of the molecule is O=c1cc([C@H]2CCCN(Cc3cccnc3)C2)nc(-c2ccncc2)[nH]1. The Morgan fingerprint density at radius 2 is 2.04 bits per heavy atom. The molecule has 132 valence electrons. The summed E-state index contributed by atoms with van der Waals surface area (Å²) >= 11 is 0. The Morgan fingerprint density at radius 3 is 2.85 bits per heavy atom. The fraction of sp³-hybridized carbons (Fsp3) is 0.300. The monoisotopic (exact) mass is 347 g/mol. The first kappa shape index (κ1) is 16.6. The molecule has 1 N–H and O–H groups in total. The van der Waals surface area contributed by atoms with E-state index in [1.54, 1.807) is 24.7 Å². The second-order valence-electron chi connectivity index (χ2n) is 6.69. The van der Waals surface area contributed by atoms with Gasteiger partial charge in [-0.1, -0.05) is 6.07 Å².